The maximum atomic E-state index is 14.0. The first-order chi connectivity index (χ1) is 19.9. The molecule has 216 valence electrons. The number of fused-ring (bicyclic) bond motifs is 1. The molecule has 0 spiro atoms. The fourth-order valence-electron chi connectivity index (χ4n) is 6.11. The molecule has 1 unspecified atom stereocenters. The molecular weight excluding hydrogens is 565 g/mol. The molecule has 6 rings (SSSR count). The number of nitrogens with one attached hydrogen (secondary N) is 1. The minimum atomic E-state index is -0.304. The van der Waals surface area contributed by atoms with Crippen molar-refractivity contribution in [1.29, 1.82) is 0 Å². The summed E-state index contributed by atoms with van der Waals surface area (Å²) in [5, 5.41) is 9.82. The number of hydrogen-bond acceptors (Lipinski definition) is 4. The highest BCUT2D eigenvalue weighted by Crippen LogP contribution is 2.52. The van der Waals surface area contributed by atoms with Crippen molar-refractivity contribution in [2.75, 3.05) is 5.32 Å². The maximum Gasteiger partial charge on any atom is 0.162 e. The molecule has 4 aromatic rings. The SMILES string of the molecule is CC1(C)CC(=O)C2=C(C1)Nc1c(c(C(C)(C)C)nn1-c1ccc(Cl)c(Cl)c1)C2c1cccc(OCc2ccccc2)c1. The van der Waals surface area contributed by atoms with Gasteiger partial charge < -0.3 is 10.1 Å². The minimum absolute atomic E-state index is 0.160. The van der Waals surface area contributed by atoms with E-state index < -0.39 is 0 Å². The zero-order chi connectivity index (χ0) is 29.8. The van der Waals surface area contributed by atoms with Crippen LogP contribution >= 0.6 is 23.2 Å². The van der Waals surface area contributed by atoms with Crippen LogP contribution < -0.4 is 10.1 Å². The van der Waals surface area contributed by atoms with E-state index in [1.165, 1.54) is 0 Å². The smallest absolute Gasteiger partial charge is 0.162 e. The summed E-state index contributed by atoms with van der Waals surface area (Å²) in [6.45, 7) is 11.2. The number of carbonyl (C=O) groups is 1. The number of hydrogen-bond donors (Lipinski definition) is 1. The molecule has 2 heterocycles. The lowest BCUT2D eigenvalue weighted by molar-refractivity contribution is -0.118. The number of Topliss-reactive ketones (excluding diaryl/α,β-unsaturated/α-hetero) is 1. The number of anilines is 1. The van der Waals surface area contributed by atoms with Gasteiger partial charge in [0, 0.05) is 34.6 Å². The first-order valence-electron chi connectivity index (χ1n) is 14.3. The van der Waals surface area contributed by atoms with Crippen molar-refractivity contribution in [2.24, 2.45) is 5.41 Å². The van der Waals surface area contributed by atoms with Crippen LogP contribution in [0.3, 0.4) is 0 Å². The maximum absolute atomic E-state index is 14.0. The molecule has 2 aliphatic rings. The van der Waals surface area contributed by atoms with Crippen LogP contribution in [0.25, 0.3) is 5.69 Å². The molecule has 1 aliphatic carbocycles. The normalized spacial score (nSPS) is 17.9. The Hall–Kier alpha value is -3.54. The highest BCUT2D eigenvalue weighted by molar-refractivity contribution is 6.42. The number of ketones is 1. The quantitative estimate of drug-likeness (QED) is 0.248. The molecule has 0 saturated carbocycles. The van der Waals surface area contributed by atoms with Gasteiger partial charge in [-0.2, -0.15) is 5.10 Å². The molecule has 42 heavy (non-hydrogen) atoms. The summed E-state index contributed by atoms with van der Waals surface area (Å²) in [6, 6.07) is 23.8. The molecule has 3 aromatic carbocycles. The Labute approximate surface area is 257 Å². The summed E-state index contributed by atoms with van der Waals surface area (Å²) < 4.78 is 8.15. The fourth-order valence-corrected chi connectivity index (χ4v) is 6.40. The van der Waals surface area contributed by atoms with Crippen LogP contribution in [0.15, 0.2) is 84.1 Å². The van der Waals surface area contributed by atoms with E-state index in [4.69, 9.17) is 33.0 Å². The summed E-state index contributed by atoms with van der Waals surface area (Å²) in [6.07, 6.45) is 1.25. The number of halogens is 2. The number of nitrogens with zero attached hydrogens (tertiary/aromatic N) is 2. The molecule has 5 nitrogen and oxygen atoms in total. The standard InChI is InChI=1S/C35H35Cl2N3O2/c1-34(2,3)32-31-29(22-12-9-13-24(16-22)42-20-21-10-7-6-8-11-21)30-27(18-35(4,5)19-28(30)41)38-33(31)40(39-32)23-14-15-25(36)26(37)17-23/h6-17,29,38H,18-20H2,1-5H3. The highest BCUT2D eigenvalue weighted by atomic mass is 35.5. The summed E-state index contributed by atoms with van der Waals surface area (Å²) >= 11 is 12.7. The molecule has 0 radical (unpaired) electrons. The van der Waals surface area contributed by atoms with Gasteiger partial charge >= 0.3 is 0 Å². The van der Waals surface area contributed by atoms with Crippen LogP contribution in [0.2, 0.25) is 10.0 Å². The largest absolute Gasteiger partial charge is 0.489 e. The van der Waals surface area contributed by atoms with Crippen molar-refractivity contribution < 1.29 is 9.53 Å². The molecule has 1 aliphatic heterocycles. The van der Waals surface area contributed by atoms with Crippen molar-refractivity contribution in [2.45, 2.75) is 65.4 Å². The topological polar surface area (TPSA) is 56.2 Å². The van der Waals surface area contributed by atoms with E-state index in [-0.39, 0.29) is 22.5 Å². The lowest BCUT2D eigenvalue weighted by Crippen LogP contribution is -2.34. The predicted octanol–water partition coefficient (Wildman–Crippen LogP) is 9.26. The van der Waals surface area contributed by atoms with Gasteiger partial charge in [-0.1, -0.05) is 100 Å². The lowest BCUT2D eigenvalue weighted by atomic mass is 9.68. The number of allylic oxidation sites excluding steroid dienone is 2. The van der Waals surface area contributed by atoms with Crippen LogP contribution in [0, 0.1) is 5.41 Å². The fraction of sp³-hybridized carbons (Fsp3) is 0.314. The van der Waals surface area contributed by atoms with Gasteiger partial charge in [-0.25, -0.2) is 4.68 Å². The first kappa shape index (κ1) is 28.6. The van der Waals surface area contributed by atoms with E-state index in [0.29, 0.717) is 23.1 Å². The molecule has 0 bridgehead atoms. The van der Waals surface area contributed by atoms with E-state index in [2.05, 4.69) is 64.2 Å². The summed E-state index contributed by atoms with van der Waals surface area (Å²) in [5.74, 6) is 1.48. The third-order valence-corrected chi connectivity index (χ3v) is 8.73. The van der Waals surface area contributed by atoms with E-state index >= 15 is 0 Å². The Balaban J connectivity index is 1.54. The Morgan fingerprint density at radius 3 is 2.45 bits per heavy atom. The second-order valence-corrected chi connectivity index (χ2v) is 13.9. The Morgan fingerprint density at radius 2 is 1.74 bits per heavy atom. The third kappa shape index (κ3) is 5.36. The molecule has 7 heteroatoms. The second-order valence-electron chi connectivity index (χ2n) is 13.1. The Bertz CT molecular complexity index is 1710. The van der Waals surface area contributed by atoms with Gasteiger partial charge in [-0.15, -0.1) is 0 Å². The van der Waals surface area contributed by atoms with Gasteiger partial charge in [0.1, 0.15) is 18.2 Å². The Morgan fingerprint density at radius 1 is 0.976 bits per heavy atom. The average molecular weight is 601 g/mol. The zero-order valence-corrected chi connectivity index (χ0v) is 26.1. The monoisotopic (exact) mass is 599 g/mol. The lowest BCUT2D eigenvalue weighted by Gasteiger charge is -2.39. The van der Waals surface area contributed by atoms with Gasteiger partial charge in [-0.05, 0) is 53.3 Å². The minimum Gasteiger partial charge on any atom is -0.489 e. The van der Waals surface area contributed by atoms with E-state index in [1.807, 2.05) is 47.1 Å². The van der Waals surface area contributed by atoms with Crippen molar-refractivity contribution in [3.8, 4) is 11.4 Å². The van der Waals surface area contributed by atoms with E-state index in [9.17, 15) is 4.79 Å². The van der Waals surface area contributed by atoms with Gasteiger partial charge in [0.25, 0.3) is 0 Å². The van der Waals surface area contributed by atoms with Crippen LogP contribution in [0.1, 0.15) is 75.8 Å². The average Bonchev–Trinajstić information content (AvgIpc) is 3.32. The van der Waals surface area contributed by atoms with Crippen molar-refractivity contribution in [3.05, 3.63) is 116 Å². The summed E-state index contributed by atoms with van der Waals surface area (Å²) in [5.41, 5.74) is 6.12. The van der Waals surface area contributed by atoms with Gasteiger partial charge in [-0.3, -0.25) is 4.79 Å². The van der Waals surface area contributed by atoms with Crippen LogP contribution in [-0.4, -0.2) is 15.6 Å². The molecule has 0 fully saturated rings. The van der Waals surface area contributed by atoms with Crippen LogP contribution in [-0.2, 0) is 16.8 Å². The molecule has 1 aromatic heterocycles. The number of benzene rings is 3. The first-order valence-corrected chi connectivity index (χ1v) is 15.1. The van der Waals surface area contributed by atoms with E-state index in [0.717, 1.165) is 57.3 Å². The third-order valence-electron chi connectivity index (χ3n) is 7.99. The Kier molecular flexibility index (Phi) is 7.23. The zero-order valence-electron chi connectivity index (χ0n) is 24.6. The molecular formula is C35H35Cl2N3O2. The van der Waals surface area contributed by atoms with Crippen LogP contribution in [0.4, 0.5) is 5.82 Å². The van der Waals surface area contributed by atoms with Gasteiger partial charge in [0.15, 0.2) is 5.78 Å². The number of ether oxygens (including phenoxy) is 1. The summed E-state index contributed by atoms with van der Waals surface area (Å²) in [7, 11) is 0. The predicted molar refractivity (Wildman–Crippen MR) is 170 cm³/mol. The second kappa shape index (κ2) is 10.6. The van der Waals surface area contributed by atoms with Gasteiger partial charge in [0.2, 0.25) is 0 Å². The van der Waals surface area contributed by atoms with Crippen LogP contribution in [0.5, 0.6) is 5.75 Å². The summed E-state index contributed by atoms with van der Waals surface area (Å²) in [4.78, 5) is 14.0. The van der Waals surface area contributed by atoms with Gasteiger partial charge in [0.05, 0.1) is 21.4 Å². The molecule has 0 amide bonds. The number of carbonyl (C=O) groups excluding carboxylic acids is 1. The number of rotatable bonds is 5. The number of aromatic nitrogens is 2. The molecule has 1 N–H and O–H groups in total. The van der Waals surface area contributed by atoms with Crippen molar-refractivity contribution in [3.63, 3.8) is 0 Å². The highest BCUT2D eigenvalue weighted by Gasteiger charge is 2.45. The molecule has 0 saturated heterocycles. The molecule has 1 atom stereocenters. The van der Waals surface area contributed by atoms with Crippen molar-refractivity contribution in [1.82, 2.24) is 9.78 Å². The van der Waals surface area contributed by atoms with E-state index in [1.54, 1.807) is 6.07 Å². The van der Waals surface area contributed by atoms with Crippen molar-refractivity contribution >= 4 is 34.8 Å².